The van der Waals surface area contributed by atoms with Crippen molar-refractivity contribution < 1.29 is 4.79 Å². The van der Waals surface area contributed by atoms with Gasteiger partial charge >= 0.3 is 0 Å². The molecular weight excluding hydrogens is 442 g/mol. The molecule has 0 N–H and O–H groups in total. The number of hydrogen-bond acceptors (Lipinski definition) is 5. The molecule has 1 amide bonds. The smallest absolute Gasteiger partial charge is 0.240 e. The minimum Gasteiger partial charge on any atom is -0.348 e. The van der Waals surface area contributed by atoms with Gasteiger partial charge in [0.15, 0.2) is 11.0 Å². The number of nitrogens with zero attached hydrogens (tertiary/aromatic N) is 5. The van der Waals surface area contributed by atoms with E-state index in [1.165, 1.54) is 22.9 Å². The number of rotatable bonds is 8. The number of aromatic nitrogens is 4. The topological polar surface area (TPSA) is 63.9 Å². The highest BCUT2D eigenvalue weighted by Gasteiger charge is 2.28. The zero-order valence-corrected chi connectivity index (χ0v) is 20.8. The third kappa shape index (κ3) is 4.75. The van der Waals surface area contributed by atoms with Crippen molar-refractivity contribution in [1.82, 2.24) is 24.6 Å². The first-order chi connectivity index (χ1) is 16.5. The summed E-state index contributed by atoms with van der Waals surface area (Å²) < 4.78 is 2.11. The van der Waals surface area contributed by atoms with E-state index in [4.69, 9.17) is 0 Å². The van der Waals surface area contributed by atoms with Crippen LogP contribution in [0.4, 0.5) is 0 Å². The Bertz CT molecular complexity index is 1230. The Hall–Kier alpha value is -3.45. The van der Waals surface area contributed by atoms with Gasteiger partial charge in [-0.2, -0.15) is 0 Å². The summed E-state index contributed by atoms with van der Waals surface area (Å²) in [6.07, 6.45) is 5.29. The number of para-hydroxylation sites is 1. The minimum absolute atomic E-state index is 0.00756. The highest BCUT2D eigenvalue weighted by molar-refractivity contribution is 8.00. The third-order valence-electron chi connectivity index (χ3n) is 5.73. The van der Waals surface area contributed by atoms with Gasteiger partial charge < -0.3 is 4.90 Å². The fraction of sp³-hybridized carbons (Fsp3) is 0.259. The van der Waals surface area contributed by atoms with Crippen LogP contribution in [0.15, 0.2) is 78.2 Å². The quantitative estimate of drug-likeness (QED) is 0.323. The molecule has 0 fully saturated rings. The van der Waals surface area contributed by atoms with Gasteiger partial charge in [-0.25, -0.2) is 0 Å². The number of amides is 1. The Kier molecular flexibility index (Phi) is 7.43. The molecule has 4 aromatic rings. The molecule has 34 heavy (non-hydrogen) atoms. The average molecular weight is 472 g/mol. The summed E-state index contributed by atoms with van der Waals surface area (Å²) in [7, 11) is 3.57. The summed E-state index contributed by atoms with van der Waals surface area (Å²) in [5.74, 6) is 0.725. The lowest BCUT2D eigenvalue weighted by molar-refractivity contribution is -0.128. The molecule has 6 nitrogen and oxygen atoms in total. The molecule has 2 heterocycles. The zero-order chi connectivity index (χ0) is 24.1. The number of thioether (sulfide) groups is 1. The van der Waals surface area contributed by atoms with E-state index in [0.29, 0.717) is 5.16 Å². The van der Waals surface area contributed by atoms with E-state index >= 15 is 0 Å². The molecule has 0 spiro atoms. The van der Waals surface area contributed by atoms with E-state index in [-0.39, 0.29) is 5.91 Å². The summed E-state index contributed by atoms with van der Waals surface area (Å²) in [6, 6.07) is 20.1. The fourth-order valence-corrected chi connectivity index (χ4v) is 5.15. The van der Waals surface area contributed by atoms with Crippen molar-refractivity contribution in [3.63, 3.8) is 0 Å². The van der Waals surface area contributed by atoms with Crippen LogP contribution in [0.1, 0.15) is 35.8 Å². The molecule has 0 bridgehead atoms. The number of carbonyl (C=O) groups excluding carboxylic acids is 1. The van der Waals surface area contributed by atoms with Crippen LogP contribution in [0.2, 0.25) is 0 Å². The first kappa shape index (κ1) is 23.7. The first-order valence-corrected chi connectivity index (χ1v) is 12.3. The van der Waals surface area contributed by atoms with Crippen LogP contribution in [0.5, 0.6) is 0 Å². The molecule has 0 radical (unpaired) electrons. The second-order valence-corrected chi connectivity index (χ2v) is 9.23. The van der Waals surface area contributed by atoms with Gasteiger partial charge in [-0.3, -0.25) is 14.3 Å². The van der Waals surface area contributed by atoms with Crippen LogP contribution < -0.4 is 0 Å². The van der Waals surface area contributed by atoms with Crippen molar-refractivity contribution in [2.75, 3.05) is 14.1 Å². The van der Waals surface area contributed by atoms with Crippen molar-refractivity contribution in [2.45, 2.75) is 37.1 Å². The van der Waals surface area contributed by atoms with E-state index in [9.17, 15) is 4.79 Å². The van der Waals surface area contributed by atoms with E-state index in [1.54, 1.807) is 31.4 Å². The number of benzene rings is 2. The Morgan fingerprint density at radius 3 is 2.24 bits per heavy atom. The third-order valence-corrected chi connectivity index (χ3v) is 6.92. The minimum atomic E-state index is -0.445. The van der Waals surface area contributed by atoms with Gasteiger partial charge in [-0.15, -0.1) is 10.2 Å². The summed E-state index contributed by atoms with van der Waals surface area (Å²) in [5, 5.41) is 9.43. The molecule has 7 heteroatoms. The van der Waals surface area contributed by atoms with Crippen LogP contribution in [0.3, 0.4) is 0 Å². The number of aryl methyl sites for hydroxylation is 2. The first-order valence-electron chi connectivity index (χ1n) is 11.4. The Balaban J connectivity index is 1.93. The van der Waals surface area contributed by atoms with Gasteiger partial charge in [0.2, 0.25) is 5.91 Å². The summed E-state index contributed by atoms with van der Waals surface area (Å²) in [4.78, 5) is 19.2. The second-order valence-electron chi connectivity index (χ2n) is 8.16. The van der Waals surface area contributed by atoms with Crippen LogP contribution in [-0.4, -0.2) is 44.7 Å². The molecule has 0 unspecified atom stereocenters. The molecule has 0 aliphatic rings. The number of carbonyl (C=O) groups is 1. The van der Waals surface area contributed by atoms with Gasteiger partial charge in [0, 0.05) is 32.1 Å². The van der Waals surface area contributed by atoms with E-state index in [1.807, 2.05) is 42.5 Å². The summed E-state index contributed by atoms with van der Waals surface area (Å²) in [6.45, 7) is 4.31. The van der Waals surface area contributed by atoms with Gasteiger partial charge in [0.25, 0.3) is 0 Å². The van der Waals surface area contributed by atoms with E-state index < -0.39 is 5.25 Å². The average Bonchev–Trinajstić information content (AvgIpc) is 3.30. The molecule has 0 aliphatic carbocycles. The summed E-state index contributed by atoms with van der Waals surface area (Å²) >= 11 is 1.43. The lowest BCUT2D eigenvalue weighted by Crippen LogP contribution is -2.27. The van der Waals surface area contributed by atoms with Crippen molar-refractivity contribution in [3.05, 3.63) is 89.7 Å². The molecule has 4 rings (SSSR count). The number of hydrogen-bond donors (Lipinski definition) is 0. The predicted octanol–water partition coefficient (Wildman–Crippen LogP) is 5.38. The Morgan fingerprint density at radius 2 is 1.65 bits per heavy atom. The van der Waals surface area contributed by atoms with Crippen molar-refractivity contribution in [2.24, 2.45) is 0 Å². The number of likely N-dealkylation sites (N-methyl/N-ethyl adjacent to an activating group) is 1. The molecule has 174 valence electrons. The maximum absolute atomic E-state index is 13.3. The normalized spacial score (nSPS) is 11.9. The SMILES string of the molecule is CCc1cccc(CC)c1-n1c(S[C@@H](C(=O)N(C)C)c2ccccc2)nnc1-c1cccnc1. The number of pyridine rings is 1. The molecule has 2 aromatic carbocycles. The van der Waals surface area contributed by atoms with Crippen LogP contribution >= 0.6 is 11.8 Å². The standard InChI is InChI=1S/C27H29N5OS/c1-5-19-14-10-15-20(6-2)23(19)32-25(22-16-11-17-28-18-22)29-30-27(32)34-24(26(33)31(3)4)21-12-8-7-9-13-21/h7-18,24H,5-6H2,1-4H3/t24-/m1/s1. The van der Waals surface area contributed by atoms with Gasteiger partial charge in [0.1, 0.15) is 5.25 Å². The zero-order valence-electron chi connectivity index (χ0n) is 20.0. The largest absolute Gasteiger partial charge is 0.348 e. The fourth-order valence-electron chi connectivity index (χ4n) is 3.96. The van der Waals surface area contributed by atoms with Gasteiger partial charge in [-0.05, 0) is 41.7 Å². The summed E-state index contributed by atoms with van der Waals surface area (Å²) in [5.41, 5.74) is 5.32. The van der Waals surface area contributed by atoms with Gasteiger partial charge in [-0.1, -0.05) is 74.1 Å². The van der Waals surface area contributed by atoms with Crippen LogP contribution in [0.25, 0.3) is 17.1 Å². The van der Waals surface area contributed by atoms with E-state index in [0.717, 1.165) is 35.5 Å². The molecule has 1 atom stereocenters. The van der Waals surface area contributed by atoms with Crippen molar-refractivity contribution >= 4 is 17.7 Å². The highest BCUT2D eigenvalue weighted by Crippen LogP contribution is 2.39. The van der Waals surface area contributed by atoms with Gasteiger partial charge in [0.05, 0.1) is 5.69 Å². The van der Waals surface area contributed by atoms with Crippen LogP contribution in [0, 0.1) is 0 Å². The maximum Gasteiger partial charge on any atom is 0.240 e. The van der Waals surface area contributed by atoms with Crippen molar-refractivity contribution in [3.8, 4) is 17.1 Å². The molecule has 0 saturated heterocycles. The molecular formula is C27H29N5OS. The monoisotopic (exact) mass is 471 g/mol. The van der Waals surface area contributed by atoms with E-state index in [2.05, 4.69) is 51.8 Å². The Labute approximate surface area is 205 Å². The second kappa shape index (κ2) is 10.7. The van der Waals surface area contributed by atoms with Crippen molar-refractivity contribution in [1.29, 1.82) is 0 Å². The lowest BCUT2D eigenvalue weighted by Gasteiger charge is -2.22. The molecule has 0 saturated carbocycles. The highest BCUT2D eigenvalue weighted by atomic mass is 32.2. The lowest BCUT2D eigenvalue weighted by atomic mass is 10.0. The van der Waals surface area contributed by atoms with Crippen LogP contribution in [-0.2, 0) is 17.6 Å². The maximum atomic E-state index is 13.3. The predicted molar refractivity (Wildman–Crippen MR) is 137 cm³/mol. The molecule has 2 aromatic heterocycles. The molecule has 0 aliphatic heterocycles. The Morgan fingerprint density at radius 1 is 0.941 bits per heavy atom.